The summed E-state index contributed by atoms with van der Waals surface area (Å²) in [5.74, 6) is -0.407. The van der Waals surface area contributed by atoms with Crippen LogP contribution < -0.4 is 10.8 Å². The quantitative estimate of drug-likeness (QED) is 0.481. The summed E-state index contributed by atoms with van der Waals surface area (Å²) in [4.78, 5) is 25.1. The summed E-state index contributed by atoms with van der Waals surface area (Å²) in [5, 5.41) is 11.3. The van der Waals surface area contributed by atoms with Crippen molar-refractivity contribution in [2.45, 2.75) is 39.2 Å². The second-order valence-electron chi connectivity index (χ2n) is 5.43. The monoisotopic (exact) mass is 307 g/mol. The van der Waals surface area contributed by atoms with Crippen molar-refractivity contribution < 1.29 is 14.8 Å². The summed E-state index contributed by atoms with van der Waals surface area (Å²) in [6, 6.07) is 9.65. The molecule has 0 aliphatic rings. The smallest absolute Gasteiger partial charge is 0.243 e. The summed E-state index contributed by atoms with van der Waals surface area (Å²) in [6.07, 6.45) is 1.32. The Kier molecular flexibility index (Phi) is 8.17. The lowest BCUT2D eigenvalue weighted by atomic mass is 10.2. The normalized spacial score (nSPS) is 10.8. The SMILES string of the molecule is CC(C)N(CCCC(=O)NO)CCC(=O)Nc1ccccc1. The highest BCUT2D eigenvalue weighted by Crippen LogP contribution is 2.07. The van der Waals surface area contributed by atoms with Gasteiger partial charge in [-0.25, -0.2) is 5.48 Å². The van der Waals surface area contributed by atoms with Crippen molar-refractivity contribution in [1.82, 2.24) is 10.4 Å². The zero-order valence-electron chi connectivity index (χ0n) is 13.2. The number of nitrogens with one attached hydrogen (secondary N) is 2. The molecule has 0 radical (unpaired) electrons. The lowest BCUT2D eigenvalue weighted by Gasteiger charge is -2.26. The molecular weight excluding hydrogens is 282 g/mol. The number of hydrogen-bond donors (Lipinski definition) is 3. The molecule has 0 aliphatic carbocycles. The minimum absolute atomic E-state index is 0.0232. The maximum absolute atomic E-state index is 11.9. The van der Waals surface area contributed by atoms with E-state index in [9.17, 15) is 9.59 Å². The molecule has 0 heterocycles. The van der Waals surface area contributed by atoms with Gasteiger partial charge in [-0.2, -0.15) is 0 Å². The topological polar surface area (TPSA) is 81.7 Å². The average Bonchev–Trinajstić information content (AvgIpc) is 2.50. The number of carbonyl (C=O) groups is 2. The Labute approximate surface area is 131 Å². The Bertz CT molecular complexity index is 463. The second-order valence-corrected chi connectivity index (χ2v) is 5.43. The third-order valence-corrected chi connectivity index (χ3v) is 3.39. The van der Waals surface area contributed by atoms with Crippen molar-refractivity contribution in [1.29, 1.82) is 0 Å². The lowest BCUT2D eigenvalue weighted by Crippen LogP contribution is -2.35. The molecule has 3 N–H and O–H groups in total. The van der Waals surface area contributed by atoms with Gasteiger partial charge in [-0.15, -0.1) is 0 Å². The first-order valence-corrected chi connectivity index (χ1v) is 7.55. The van der Waals surface area contributed by atoms with Crippen LogP contribution in [0.15, 0.2) is 30.3 Å². The molecule has 0 spiro atoms. The summed E-state index contributed by atoms with van der Waals surface area (Å²) < 4.78 is 0. The number of nitrogens with zero attached hydrogens (tertiary/aromatic N) is 1. The van der Waals surface area contributed by atoms with E-state index in [0.717, 1.165) is 5.69 Å². The van der Waals surface area contributed by atoms with Crippen LogP contribution in [0.25, 0.3) is 0 Å². The van der Waals surface area contributed by atoms with Crippen molar-refractivity contribution in [3.63, 3.8) is 0 Å². The van der Waals surface area contributed by atoms with Crippen LogP contribution in [0.1, 0.15) is 33.1 Å². The third-order valence-electron chi connectivity index (χ3n) is 3.39. The van der Waals surface area contributed by atoms with Crippen LogP contribution in [0, 0.1) is 0 Å². The van der Waals surface area contributed by atoms with E-state index in [1.165, 1.54) is 0 Å². The third kappa shape index (κ3) is 7.19. The van der Waals surface area contributed by atoms with Crippen LogP contribution in [-0.2, 0) is 9.59 Å². The summed E-state index contributed by atoms with van der Waals surface area (Å²) in [6.45, 7) is 5.46. The standard InChI is InChI=1S/C16H25N3O3/c1-13(2)19(11-6-9-16(21)18-22)12-10-15(20)17-14-7-4-3-5-8-14/h3-5,7-8,13,22H,6,9-12H2,1-2H3,(H,17,20)(H,18,21). The molecule has 0 atom stereocenters. The predicted octanol–water partition coefficient (Wildman–Crippen LogP) is 2.01. The van der Waals surface area contributed by atoms with Gasteiger partial charge in [0, 0.05) is 31.1 Å². The highest BCUT2D eigenvalue weighted by atomic mass is 16.5. The molecule has 0 fully saturated rings. The minimum Gasteiger partial charge on any atom is -0.326 e. The summed E-state index contributed by atoms with van der Waals surface area (Å²) >= 11 is 0. The van der Waals surface area contributed by atoms with Crippen LogP contribution in [0.3, 0.4) is 0 Å². The largest absolute Gasteiger partial charge is 0.326 e. The van der Waals surface area contributed by atoms with Crippen LogP contribution in [0.2, 0.25) is 0 Å². The van der Waals surface area contributed by atoms with Crippen LogP contribution in [-0.4, -0.2) is 41.1 Å². The number of hydroxylamine groups is 1. The molecule has 1 rings (SSSR count). The van der Waals surface area contributed by atoms with Gasteiger partial charge < -0.3 is 10.2 Å². The van der Waals surface area contributed by atoms with Gasteiger partial charge in [-0.3, -0.25) is 14.8 Å². The molecule has 0 bridgehead atoms. The van der Waals surface area contributed by atoms with Crippen molar-refractivity contribution in [3.05, 3.63) is 30.3 Å². The van der Waals surface area contributed by atoms with Gasteiger partial charge in [0.05, 0.1) is 0 Å². The van der Waals surface area contributed by atoms with Gasteiger partial charge in [-0.1, -0.05) is 18.2 Å². The van der Waals surface area contributed by atoms with Gasteiger partial charge in [0.1, 0.15) is 0 Å². The molecule has 122 valence electrons. The fourth-order valence-electron chi connectivity index (χ4n) is 2.12. The second kappa shape index (κ2) is 9.92. The van der Waals surface area contributed by atoms with Crippen molar-refractivity contribution in [3.8, 4) is 0 Å². The minimum atomic E-state index is -0.384. The molecule has 2 amide bonds. The molecule has 0 aromatic heterocycles. The Hall–Kier alpha value is -1.92. The van der Waals surface area contributed by atoms with E-state index < -0.39 is 0 Å². The number of para-hydroxylation sites is 1. The van der Waals surface area contributed by atoms with E-state index in [1.807, 2.05) is 30.3 Å². The van der Waals surface area contributed by atoms with Crippen molar-refractivity contribution in [2.24, 2.45) is 0 Å². The first-order chi connectivity index (χ1) is 10.5. The highest BCUT2D eigenvalue weighted by molar-refractivity contribution is 5.90. The van der Waals surface area contributed by atoms with Crippen molar-refractivity contribution >= 4 is 17.5 Å². The van der Waals surface area contributed by atoms with Crippen LogP contribution in [0.4, 0.5) is 5.69 Å². The number of carbonyl (C=O) groups excluding carboxylic acids is 2. The Morgan fingerprint density at radius 3 is 2.36 bits per heavy atom. The summed E-state index contributed by atoms with van der Waals surface area (Å²) in [7, 11) is 0. The highest BCUT2D eigenvalue weighted by Gasteiger charge is 2.12. The molecule has 0 aliphatic heterocycles. The first kappa shape index (κ1) is 18.1. The van der Waals surface area contributed by atoms with Crippen LogP contribution in [0.5, 0.6) is 0 Å². The molecule has 1 aromatic carbocycles. The van der Waals surface area contributed by atoms with Gasteiger partial charge in [0.15, 0.2) is 0 Å². The van der Waals surface area contributed by atoms with Gasteiger partial charge in [0.25, 0.3) is 0 Å². The molecule has 6 nitrogen and oxygen atoms in total. The Morgan fingerprint density at radius 2 is 1.77 bits per heavy atom. The van der Waals surface area contributed by atoms with Gasteiger partial charge in [-0.05, 0) is 38.9 Å². The molecule has 0 saturated heterocycles. The van der Waals surface area contributed by atoms with Crippen LogP contribution >= 0.6 is 0 Å². The summed E-state index contributed by atoms with van der Waals surface area (Å²) in [5.41, 5.74) is 2.42. The van der Waals surface area contributed by atoms with Crippen molar-refractivity contribution in [2.75, 3.05) is 18.4 Å². The van der Waals surface area contributed by atoms with E-state index in [0.29, 0.717) is 32.0 Å². The molecule has 22 heavy (non-hydrogen) atoms. The zero-order valence-corrected chi connectivity index (χ0v) is 13.2. The number of hydrogen-bond acceptors (Lipinski definition) is 4. The average molecular weight is 307 g/mol. The molecule has 0 unspecified atom stereocenters. The number of rotatable bonds is 9. The van der Waals surface area contributed by atoms with E-state index in [1.54, 1.807) is 5.48 Å². The molecular formula is C16H25N3O3. The fourth-order valence-corrected chi connectivity index (χ4v) is 2.12. The maximum Gasteiger partial charge on any atom is 0.243 e. The maximum atomic E-state index is 11.9. The fraction of sp³-hybridized carbons (Fsp3) is 0.500. The van der Waals surface area contributed by atoms with E-state index >= 15 is 0 Å². The zero-order chi connectivity index (χ0) is 16.4. The number of anilines is 1. The molecule has 1 aromatic rings. The first-order valence-electron chi connectivity index (χ1n) is 7.55. The Morgan fingerprint density at radius 1 is 1.09 bits per heavy atom. The van der Waals surface area contributed by atoms with Gasteiger partial charge in [0.2, 0.25) is 11.8 Å². The molecule has 0 saturated carbocycles. The molecule has 6 heteroatoms. The van der Waals surface area contributed by atoms with E-state index in [-0.39, 0.29) is 18.2 Å². The van der Waals surface area contributed by atoms with E-state index in [2.05, 4.69) is 24.1 Å². The Balaban J connectivity index is 2.34. The number of benzene rings is 1. The predicted molar refractivity (Wildman–Crippen MR) is 85.6 cm³/mol. The van der Waals surface area contributed by atoms with Gasteiger partial charge >= 0.3 is 0 Å². The van der Waals surface area contributed by atoms with E-state index in [4.69, 9.17) is 5.21 Å². The lowest BCUT2D eigenvalue weighted by molar-refractivity contribution is -0.129. The number of amides is 2.